The molecule has 16 heteroatoms. The Morgan fingerprint density at radius 2 is 1.98 bits per heavy atom. The van der Waals surface area contributed by atoms with E-state index in [1.807, 2.05) is 10.7 Å². The molecular formula is C36H37F4N9O3. The molecule has 3 aromatic heterocycles. The quantitative estimate of drug-likeness (QED) is 0.117. The molecule has 2 saturated heterocycles. The van der Waals surface area contributed by atoms with Crippen LogP contribution >= 0.6 is 0 Å². The number of halogens is 4. The summed E-state index contributed by atoms with van der Waals surface area (Å²) in [5.74, 6) is 5.08. The number of nitrogens with two attached hydrogens (primary N) is 1. The number of rotatable bonds is 6. The van der Waals surface area contributed by atoms with Gasteiger partial charge in [0.25, 0.3) is 5.89 Å². The molecule has 8 rings (SSSR count). The Hall–Kier alpha value is -5.01. The smallest absolute Gasteiger partial charge is 0.418 e. The fourth-order valence-electron chi connectivity index (χ4n) is 8.08. The second kappa shape index (κ2) is 12.9. The summed E-state index contributed by atoms with van der Waals surface area (Å²) in [6.07, 6.45) is -2.97. The number of aryl methyl sites for hydroxylation is 2. The van der Waals surface area contributed by atoms with Gasteiger partial charge in [0.05, 0.1) is 47.4 Å². The van der Waals surface area contributed by atoms with E-state index in [0.29, 0.717) is 67.1 Å². The molecule has 0 bridgehead atoms. The van der Waals surface area contributed by atoms with Crippen molar-refractivity contribution in [2.75, 3.05) is 36.9 Å². The van der Waals surface area contributed by atoms with Crippen LogP contribution in [-0.4, -0.2) is 66.6 Å². The third kappa shape index (κ3) is 6.05. The first kappa shape index (κ1) is 34.1. The first-order valence-corrected chi connectivity index (χ1v) is 17.2. The number of aromatic nitrogens is 6. The van der Waals surface area contributed by atoms with Crippen molar-refractivity contribution < 1.29 is 31.6 Å². The SMILES string of the molecule is C=C1CN2CCC[C@@]2(COc2nc3c(c(N4CCCn5nc(-c6nc(C)no6)cc5C4)n2)CO[C@H](c2c(F)c(N)cc(C#CC)c2C(F)(F)F)C3)C1. The lowest BCUT2D eigenvalue weighted by Gasteiger charge is -2.33. The Morgan fingerprint density at radius 1 is 1.13 bits per heavy atom. The van der Waals surface area contributed by atoms with Gasteiger partial charge in [0.2, 0.25) is 0 Å². The monoisotopic (exact) mass is 719 g/mol. The Balaban J connectivity index is 1.18. The van der Waals surface area contributed by atoms with Crippen molar-refractivity contribution in [2.24, 2.45) is 0 Å². The van der Waals surface area contributed by atoms with E-state index in [0.717, 1.165) is 49.7 Å². The number of hydrogen-bond acceptors (Lipinski definition) is 11. The molecule has 0 radical (unpaired) electrons. The van der Waals surface area contributed by atoms with Gasteiger partial charge < -0.3 is 24.6 Å². The number of nitrogens with zero attached hydrogens (tertiary/aromatic N) is 8. The molecule has 272 valence electrons. The van der Waals surface area contributed by atoms with Gasteiger partial charge in [0.1, 0.15) is 12.4 Å². The van der Waals surface area contributed by atoms with Crippen LogP contribution in [0, 0.1) is 24.6 Å². The van der Waals surface area contributed by atoms with E-state index in [1.165, 1.54) is 6.92 Å². The highest BCUT2D eigenvalue weighted by Gasteiger charge is 2.47. The minimum Gasteiger partial charge on any atom is -0.461 e. The third-order valence-corrected chi connectivity index (χ3v) is 10.3. The zero-order valence-electron chi connectivity index (χ0n) is 28.8. The Bertz CT molecular complexity index is 2130. The van der Waals surface area contributed by atoms with Crippen molar-refractivity contribution in [1.82, 2.24) is 34.8 Å². The highest BCUT2D eigenvalue weighted by molar-refractivity contribution is 5.59. The molecule has 0 spiro atoms. The van der Waals surface area contributed by atoms with Gasteiger partial charge in [-0.05, 0) is 58.2 Å². The van der Waals surface area contributed by atoms with Crippen molar-refractivity contribution >= 4 is 11.5 Å². The second-order valence-corrected chi connectivity index (χ2v) is 13.9. The van der Waals surface area contributed by atoms with Crippen molar-refractivity contribution in [3.05, 3.63) is 69.6 Å². The van der Waals surface area contributed by atoms with Gasteiger partial charge in [-0.25, -0.2) is 4.39 Å². The molecule has 1 aromatic carbocycles. The maximum absolute atomic E-state index is 15.7. The second-order valence-electron chi connectivity index (χ2n) is 13.9. The summed E-state index contributed by atoms with van der Waals surface area (Å²) in [7, 11) is 0. The molecule has 4 aliphatic heterocycles. The number of alkyl halides is 3. The van der Waals surface area contributed by atoms with Crippen molar-refractivity contribution in [3.8, 4) is 29.4 Å². The summed E-state index contributed by atoms with van der Waals surface area (Å²) in [5, 5.41) is 8.58. The molecule has 4 aliphatic rings. The number of anilines is 2. The van der Waals surface area contributed by atoms with Gasteiger partial charge in [-0.3, -0.25) is 9.58 Å². The molecule has 0 amide bonds. The van der Waals surface area contributed by atoms with Crippen LogP contribution in [0.3, 0.4) is 0 Å². The summed E-state index contributed by atoms with van der Waals surface area (Å²) in [6, 6.07) is 2.90. The molecular weight excluding hydrogens is 682 g/mol. The highest BCUT2D eigenvalue weighted by Crippen LogP contribution is 2.45. The van der Waals surface area contributed by atoms with Crippen molar-refractivity contribution in [3.63, 3.8) is 0 Å². The molecule has 0 unspecified atom stereocenters. The first-order chi connectivity index (χ1) is 24.9. The van der Waals surface area contributed by atoms with E-state index in [9.17, 15) is 13.2 Å². The number of nitrogen functional groups attached to an aromatic ring is 1. The Kier molecular flexibility index (Phi) is 8.45. The van der Waals surface area contributed by atoms with Gasteiger partial charge >= 0.3 is 12.2 Å². The van der Waals surface area contributed by atoms with E-state index in [1.54, 1.807) is 6.92 Å². The van der Waals surface area contributed by atoms with E-state index in [4.69, 9.17) is 34.8 Å². The largest absolute Gasteiger partial charge is 0.461 e. The molecule has 4 aromatic rings. The minimum atomic E-state index is -4.93. The predicted octanol–water partition coefficient (Wildman–Crippen LogP) is 5.54. The van der Waals surface area contributed by atoms with Crippen LogP contribution in [0.15, 0.2) is 28.8 Å². The standard InChI is InChI=1S/C36H37F4N9O3/c1-4-7-22-12-25(41)31(37)29(30(22)36(38,39)40)28-14-26-24(18-50-28)32(44-34(43-26)51-19-35-8-5-10-48(35)16-20(2)15-35)47-9-6-11-49-23(17-47)13-27(45-49)33-42-21(3)46-52-33/h12-13,28H,2,5-6,8-11,14-19,41H2,1,3H3/t28-,35-/m0/s1. The van der Waals surface area contributed by atoms with Crippen LogP contribution in [0.25, 0.3) is 11.6 Å². The average molecular weight is 720 g/mol. The number of hydrogen-bond donors (Lipinski definition) is 1. The lowest BCUT2D eigenvalue weighted by molar-refractivity contribution is -0.140. The molecule has 0 saturated carbocycles. The summed E-state index contributed by atoms with van der Waals surface area (Å²) < 4.78 is 79.3. The van der Waals surface area contributed by atoms with Gasteiger partial charge in [-0.15, -0.1) is 5.92 Å². The Morgan fingerprint density at radius 3 is 2.75 bits per heavy atom. The number of ether oxygens (including phenoxy) is 2. The zero-order valence-corrected chi connectivity index (χ0v) is 28.8. The van der Waals surface area contributed by atoms with E-state index in [2.05, 4.69) is 38.4 Å². The first-order valence-electron chi connectivity index (χ1n) is 17.2. The lowest BCUT2D eigenvalue weighted by atomic mass is 9.91. The number of benzene rings is 1. The molecule has 12 nitrogen and oxygen atoms in total. The van der Waals surface area contributed by atoms with Crippen molar-refractivity contribution in [1.29, 1.82) is 0 Å². The summed E-state index contributed by atoms with van der Waals surface area (Å²) in [5.41, 5.74) is 6.49. The maximum Gasteiger partial charge on any atom is 0.418 e. The fourth-order valence-corrected chi connectivity index (χ4v) is 8.08. The fraction of sp³-hybridized carbons (Fsp3) is 0.472. The maximum atomic E-state index is 15.7. The van der Waals surface area contributed by atoms with E-state index < -0.39 is 40.5 Å². The minimum absolute atomic E-state index is 0.0922. The molecule has 2 N–H and O–H groups in total. The lowest BCUT2D eigenvalue weighted by Crippen LogP contribution is -2.43. The normalized spacial score (nSPS) is 21.7. The summed E-state index contributed by atoms with van der Waals surface area (Å²) >= 11 is 0. The highest BCUT2D eigenvalue weighted by atomic mass is 19.4. The van der Waals surface area contributed by atoms with Crippen LogP contribution in [0.5, 0.6) is 6.01 Å². The van der Waals surface area contributed by atoms with Crippen LogP contribution < -0.4 is 15.4 Å². The summed E-state index contributed by atoms with van der Waals surface area (Å²) in [6.45, 7) is 10.9. The molecule has 2 atom stereocenters. The molecule has 2 fully saturated rings. The Labute approximate surface area is 297 Å². The third-order valence-electron chi connectivity index (χ3n) is 10.3. The topological polar surface area (TPSA) is 133 Å². The zero-order chi connectivity index (χ0) is 36.4. The number of fused-ring (bicyclic) bond motifs is 3. The molecule has 7 heterocycles. The van der Waals surface area contributed by atoms with Gasteiger partial charge in [-0.1, -0.05) is 23.2 Å². The van der Waals surface area contributed by atoms with Crippen LogP contribution in [0.1, 0.15) is 78.2 Å². The van der Waals surface area contributed by atoms with Crippen LogP contribution in [-0.2, 0) is 37.0 Å². The van der Waals surface area contributed by atoms with Crippen molar-refractivity contribution in [2.45, 2.75) is 83.5 Å². The van der Waals surface area contributed by atoms with Gasteiger partial charge in [0.15, 0.2) is 17.3 Å². The predicted molar refractivity (Wildman–Crippen MR) is 180 cm³/mol. The average Bonchev–Trinajstić information content (AvgIpc) is 3.85. The summed E-state index contributed by atoms with van der Waals surface area (Å²) in [4.78, 5) is 18.4. The van der Waals surface area contributed by atoms with Gasteiger partial charge in [-0.2, -0.15) is 33.2 Å². The molecule has 0 aliphatic carbocycles. The van der Waals surface area contributed by atoms with E-state index in [-0.39, 0.29) is 24.6 Å². The van der Waals surface area contributed by atoms with Crippen LogP contribution in [0.2, 0.25) is 0 Å². The van der Waals surface area contributed by atoms with Crippen LogP contribution in [0.4, 0.5) is 29.1 Å². The van der Waals surface area contributed by atoms with Gasteiger partial charge in [0, 0.05) is 42.7 Å². The molecule has 52 heavy (non-hydrogen) atoms. The van der Waals surface area contributed by atoms with E-state index >= 15 is 4.39 Å².